The molecule has 5 nitrogen and oxygen atoms in total. The van der Waals surface area contributed by atoms with E-state index in [0.29, 0.717) is 5.96 Å². The summed E-state index contributed by atoms with van der Waals surface area (Å²) in [5, 5.41) is 0. The van der Waals surface area contributed by atoms with E-state index in [1.807, 2.05) is 0 Å². The monoisotopic (exact) mass is 296 g/mol. The van der Waals surface area contributed by atoms with Crippen LogP contribution in [0, 0.1) is 0 Å². The van der Waals surface area contributed by atoms with Gasteiger partial charge in [-0.2, -0.15) is 0 Å². The number of hydrogen-bond acceptors (Lipinski definition) is 3. The Kier molecular flexibility index (Phi) is 6.30. The fourth-order valence-corrected chi connectivity index (χ4v) is 3.70. The maximum atomic E-state index is 6.18. The molecule has 0 spiro atoms. The highest BCUT2D eigenvalue weighted by Gasteiger charge is 2.38. The van der Waals surface area contributed by atoms with Crippen LogP contribution in [0.5, 0.6) is 0 Å². The van der Waals surface area contributed by atoms with Gasteiger partial charge < -0.3 is 15.4 Å². The average molecular weight is 296 g/mol. The van der Waals surface area contributed by atoms with Gasteiger partial charge in [-0.3, -0.25) is 9.89 Å². The molecule has 0 atom stereocenters. The van der Waals surface area contributed by atoms with Crippen LogP contribution in [0.2, 0.25) is 0 Å². The van der Waals surface area contributed by atoms with Crippen LogP contribution in [0.15, 0.2) is 4.99 Å². The Morgan fingerprint density at radius 3 is 2.33 bits per heavy atom. The smallest absolute Gasteiger partial charge is 0.191 e. The zero-order chi connectivity index (χ0) is 15.1. The molecular weight excluding hydrogens is 264 g/mol. The standard InChI is InChI=1S/C16H32N4O/c1-3-19(4-2)15(17)18-14-16(8-6-5-7-9-16)20-10-12-21-13-11-20/h3-14H2,1-2H3,(H2,17,18). The van der Waals surface area contributed by atoms with Crippen LogP contribution in [-0.4, -0.2) is 67.2 Å². The van der Waals surface area contributed by atoms with E-state index < -0.39 is 0 Å². The molecule has 0 aromatic carbocycles. The van der Waals surface area contributed by atoms with E-state index in [9.17, 15) is 0 Å². The lowest BCUT2D eigenvalue weighted by molar-refractivity contribution is -0.0333. The Balaban J connectivity index is 2.07. The molecule has 0 radical (unpaired) electrons. The van der Waals surface area contributed by atoms with Crippen LogP contribution in [0.4, 0.5) is 0 Å². The van der Waals surface area contributed by atoms with Crippen molar-refractivity contribution in [2.24, 2.45) is 10.7 Å². The number of aliphatic imine (C=N–C) groups is 1. The van der Waals surface area contributed by atoms with Crippen LogP contribution in [0.1, 0.15) is 46.0 Å². The number of nitrogens with zero attached hydrogens (tertiary/aromatic N) is 3. The maximum Gasteiger partial charge on any atom is 0.191 e. The van der Waals surface area contributed by atoms with E-state index in [1.165, 1.54) is 32.1 Å². The molecule has 0 aromatic rings. The van der Waals surface area contributed by atoms with E-state index in [1.54, 1.807) is 0 Å². The number of nitrogens with two attached hydrogens (primary N) is 1. The summed E-state index contributed by atoms with van der Waals surface area (Å²) in [7, 11) is 0. The van der Waals surface area contributed by atoms with E-state index in [-0.39, 0.29) is 5.54 Å². The Morgan fingerprint density at radius 1 is 1.14 bits per heavy atom. The van der Waals surface area contributed by atoms with Gasteiger partial charge in [0, 0.05) is 31.7 Å². The van der Waals surface area contributed by atoms with Crippen molar-refractivity contribution >= 4 is 5.96 Å². The molecule has 21 heavy (non-hydrogen) atoms. The fourth-order valence-electron chi connectivity index (χ4n) is 3.70. The molecule has 2 fully saturated rings. The van der Waals surface area contributed by atoms with Gasteiger partial charge in [0.1, 0.15) is 0 Å². The summed E-state index contributed by atoms with van der Waals surface area (Å²) in [4.78, 5) is 9.53. The highest BCUT2D eigenvalue weighted by Crippen LogP contribution is 2.34. The van der Waals surface area contributed by atoms with Gasteiger partial charge in [0.25, 0.3) is 0 Å². The molecule has 0 aromatic heterocycles. The second-order valence-corrected chi connectivity index (χ2v) is 6.23. The third-order valence-electron chi connectivity index (χ3n) is 5.09. The predicted molar refractivity (Wildman–Crippen MR) is 87.6 cm³/mol. The topological polar surface area (TPSA) is 54.1 Å². The first-order valence-electron chi connectivity index (χ1n) is 8.59. The first-order chi connectivity index (χ1) is 10.2. The number of morpholine rings is 1. The Bertz CT molecular complexity index is 329. The molecule has 1 aliphatic heterocycles. The molecule has 5 heteroatoms. The predicted octanol–water partition coefficient (Wildman–Crippen LogP) is 1.68. The Hall–Kier alpha value is -0.810. The van der Waals surface area contributed by atoms with Crippen molar-refractivity contribution in [2.45, 2.75) is 51.5 Å². The zero-order valence-corrected chi connectivity index (χ0v) is 13.8. The number of ether oxygens (including phenoxy) is 1. The van der Waals surface area contributed by atoms with Gasteiger partial charge in [0.05, 0.1) is 19.8 Å². The molecule has 2 aliphatic rings. The van der Waals surface area contributed by atoms with E-state index in [2.05, 4.69) is 23.6 Å². The average Bonchev–Trinajstić information content (AvgIpc) is 2.56. The van der Waals surface area contributed by atoms with Gasteiger partial charge in [-0.15, -0.1) is 0 Å². The number of hydrogen-bond donors (Lipinski definition) is 1. The number of rotatable bonds is 5. The second-order valence-electron chi connectivity index (χ2n) is 6.23. The third-order valence-corrected chi connectivity index (χ3v) is 5.09. The first kappa shape index (κ1) is 16.6. The largest absolute Gasteiger partial charge is 0.379 e. The molecule has 2 N–H and O–H groups in total. The molecule has 1 saturated carbocycles. The van der Waals surface area contributed by atoms with Crippen molar-refractivity contribution < 1.29 is 4.74 Å². The summed E-state index contributed by atoms with van der Waals surface area (Å²) >= 11 is 0. The SMILES string of the molecule is CCN(CC)C(N)=NCC1(N2CCOCC2)CCCCC1. The molecule has 2 rings (SSSR count). The summed E-state index contributed by atoms with van der Waals surface area (Å²) in [6.45, 7) is 10.8. The summed E-state index contributed by atoms with van der Waals surface area (Å²) in [5.41, 5.74) is 6.40. The van der Waals surface area contributed by atoms with E-state index >= 15 is 0 Å². The maximum absolute atomic E-state index is 6.18. The summed E-state index contributed by atoms with van der Waals surface area (Å²) < 4.78 is 5.52. The normalized spacial score (nSPS) is 24.0. The molecule has 1 saturated heterocycles. The minimum absolute atomic E-state index is 0.222. The van der Waals surface area contributed by atoms with Crippen molar-refractivity contribution in [3.8, 4) is 0 Å². The highest BCUT2D eigenvalue weighted by atomic mass is 16.5. The highest BCUT2D eigenvalue weighted by molar-refractivity contribution is 5.78. The molecule has 1 heterocycles. The Labute approximate surface area is 129 Å². The van der Waals surface area contributed by atoms with E-state index in [0.717, 1.165) is 45.9 Å². The molecule has 122 valence electrons. The van der Waals surface area contributed by atoms with Crippen molar-refractivity contribution in [1.29, 1.82) is 0 Å². The quantitative estimate of drug-likeness (QED) is 0.619. The fraction of sp³-hybridized carbons (Fsp3) is 0.938. The lowest BCUT2D eigenvalue weighted by Crippen LogP contribution is -2.56. The van der Waals surface area contributed by atoms with Crippen molar-refractivity contribution in [1.82, 2.24) is 9.80 Å². The van der Waals surface area contributed by atoms with Crippen LogP contribution >= 0.6 is 0 Å². The van der Waals surface area contributed by atoms with Crippen molar-refractivity contribution in [3.63, 3.8) is 0 Å². The van der Waals surface area contributed by atoms with Gasteiger partial charge in [-0.05, 0) is 26.7 Å². The molecule has 0 unspecified atom stereocenters. The van der Waals surface area contributed by atoms with Crippen molar-refractivity contribution in [2.75, 3.05) is 45.9 Å². The lowest BCUT2D eigenvalue weighted by Gasteiger charge is -2.47. The summed E-state index contributed by atoms with van der Waals surface area (Å²) in [5.74, 6) is 0.707. The van der Waals surface area contributed by atoms with Crippen LogP contribution in [-0.2, 0) is 4.74 Å². The molecule has 1 aliphatic carbocycles. The van der Waals surface area contributed by atoms with Gasteiger partial charge >= 0.3 is 0 Å². The van der Waals surface area contributed by atoms with E-state index in [4.69, 9.17) is 15.5 Å². The van der Waals surface area contributed by atoms with Gasteiger partial charge in [-0.25, -0.2) is 0 Å². The Morgan fingerprint density at radius 2 is 1.76 bits per heavy atom. The summed E-state index contributed by atoms with van der Waals surface area (Å²) in [6.07, 6.45) is 6.50. The molecule has 0 bridgehead atoms. The van der Waals surface area contributed by atoms with Crippen LogP contribution in [0.25, 0.3) is 0 Å². The molecular formula is C16H32N4O. The summed E-state index contributed by atoms with van der Waals surface area (Å²) in [6, 6.07) is 0. The third kappa shape index (κ3) is 4.10. The zero-order valence-electron chi connectivity index (χ0n) is 13.8. The van der Waals surface area contributed by atoms with Crippen molar-refractivity contribution in [3.05, 3.63) is 0 Å². The first-order valence-corrected chi connectivity index (χ1v) is 8.59. The second kappa shape index (κ2) is 7.99. The van der Waals surface area contributed by atoms with Gasteiger partial charge in [-0.1, -0.05) is 19.3 Å². The lowest BCUT2D eigenvalue weighted by atomic mass is 9.80. The van der Waals surface area contributed by atoms with Crippen LogP contribution < -0.4 is 5.73 Å². The molecule has 0 amide bonds. The minimum atomic E-state index is 0.222. The minimum Gasteiger partial charge on any atom is -0.379 e. The van der Waals surface area contributed by atoms with Gasteiger partial charge in [0.15, 0.2) is 5.96 Å². The van der Waals surface area contributed by atoms with Crippen LogP contribution in [0.3, 0.4) is 0 Å². The van der Waals surface area contributed by atoms with Gasteiger partial charge in [0.2, 0.25) is 0 Å². The number of guanidine groups is 1.